The molecule has 0 heterocycles. The number of carboxylic acid groups (broad SMARTS) is 1. The van der Waals surface area contributed by atoms with Crippen LogP contribution in [0.15, 0.2) is 24.3 Å². The summed E-state index contributed by atoms with van der Waals surface area (Å²) in [5.41, 5.74) is 6.82. The fourth-order valence-corrected chi connectivity index (χ4v) is 2.26. The molecule has 6 nitrogen and oxygen atoms in total. The predicted molar refractivity (Wildman–Crippen MR) is 76.8 cm³/mol. The van der Waals surface area contributed by atoms with Crippen molar-refractivity contribution >= 4 is 11.9 Å². The van der Waals surface area contributed by atoms with Crippen LogP contribution in [0.4, 0.5) is 0 Å². The first-order valence-electron chi connectivity index (χ1n) is 7.03. The molecule has 1 saturated carbocycles. The summed E-state index contributed by atoms with van der Waals surface area (Å²) in [5, 5.41) is 18.0. The fourth-order valence-electron chi connectivity index (χ4n) is 2.26. The molecular formula is C15H20N2O4. The van der Waals surface area contributed by atoms with Crippen LogP contribution in [-0.4, -0.2) is 45.6 Å². The van der Waals surface area contributed by atoms with Crippen LogP contribution in [0.25, 0.3) is 0 Å². The van der Waals surface area contributed by atoms with Gasteiger partial charge in [0.25, 0.3) is 0 Å². The number of benzene rings is 1. The van der Waals surface area contributed by atoms with Gasteiger partial charge in [0, 0.05) is 12.6 Å². The summed E-state index contributed by atoms with van der Waals surface area (Å²) in [6.07, 6.45) is 2.14. The van der Waals surface area contributed by atoms with E-state index in [1.165, 1.54) is 0 Å². The highest BCUT2D eigenvalue weighted by Gasteiger charge is 2.34. The summed E-state index contributed by atoms with van der Waals surface area (Å²) >= 11 is 0. The SMILES string of the molecule is N[C@@H](Cc1ccc(O)cc1)C(=O)N(CCC(=O)O)C1CC1. The maximum absolute atomic E-state index is 12.4. The second-order valence-corrected chi connectivity index (χ2v) is 5.38. The van der Waals surface area contributed by atoms with Crippen molar-refractivity contribution in [2.75, 3.05) is 6.54 Å². The van der Waals surface area contributed by atoms with E-state index in [-0.39, 0.29) is 30.7 Å². The van der Waals surface area contributed by atoms with Crippen LogP contribution in [-0.2, 0) is 16.0 Å². The zero-order chi connectivity index (χ0) is 15.4. The second-order valence-electron chi connectivity index (χ2n) is 5.38. The molecule has 1 aromatic carbocycles. The van der Waals surface area contributed by atoms with E-state index >= 15 is 0 Å². The van der Waals surface area contributed by atoms with Crippen LogP contribution >= 0.6 is 0 Å². The molecular weight excluding hydrogens is 272 g/mol. The average Bonchev–Trinajstić information content (AvgIpc) is 3.25. The van der Waals surface area contributed by atoms with Crippen LogP contribution < -0.4 is 5.73 Å². The van der Waals surface area contributed by atoms with Gasteiger partial charge in [-0.05, 0) is 37.0 Å². The number of phenolic OH excluding ortho intramolecular Hbond substituents is 1. The normalized spacial score (nSPS) is 15.5. The molecule has 2 rings (SSSR count). The van der Waals surface area contributed by atoms with Crippen LogP contribution in [0.1, 0.15) is 24.8 Å². The molecule has 1 atom stereocenters. The maximum atomic E-state index is 12.4. The molecule has 1 aromatic rings. The second kappa shape index (κ2) is 6.58. The van der Waals surface area contributed by atoms with Gasteiger partial charge in [-0.1, -0.05) is 12.1 Å². The summed E-state index contributed by atoms with van der Waals surface area (Å²) in [4.78, 5) is 24.6. The standard InChI is InChI=1S/C15H20N2O4/c16-13(9-10-1-5-12(18)6-2-10)15(21)17(11-3-4-11)8-7-14(19)20/h1-2,5-6,11,13,18H,3-4,7-9,16H2,(H,19,20)/t13-/m0/s1. The number of hydrogen-bond acceptors (Lipinski definition) is 4. The molecule has 1 aliphatic rings. The van der Waals surface area contributed by atoms with Crippen molar-refractivity contribution in [2.24, 2.45) is 5.73 Å². The Morgan fingerprint density at radius 1 is 1.29 bits per heavy atom. The highest BCUT2D eigenvalue weighted by Crippen LogP contribution is 2.27. The Balaban J connectivity index is 1.95. The third-order valence-corrected chi connectivity index (χ3v) is 3.55. The average molecular weight is 292 g/mol. The molecule has 0 spiro atoms. The van der Waals surface area contributed by atoms with Gasteiger partial charge in [-0.3, -0.25) is 9.59 Å². The zero-order valence-electron chi connectivity index (χ0n) is 11.7. The van der Waals surface area contributed by atoms with Gasteiger partial charge in [-0.25, -0.2) is 0 Å². The van der Waals surface area contributed by atoms with Crippen molar-refractivity contribution in [3.63, 3.8) is 0 Å². The number of carboxylic acids is 1. The first kappa shape index (κ1) is 15.3. The smallest absolute Gasteiger partial charge is 0.305 e. The van der Waals surface area contributed by atoms with Crippen molar-refractivity contribution in [1.82, 2.24) is 4.90 Å². The topological polar surface area (TPSA) is 104 Å². The summed E-state index contributed by atoms with van der Waals surface area (Å²) in [7, 11) is 0. The first-order chi connectivity index (χ1) is 9.97. The Labute approximate surface area is 123 Å². The molecule has 1 amide bonds. The quantitative estimate of drug-likeness (QED) is 0.687. The summed E-state index contributed by atoms with van der Waals surface area (Å²) in [6.45, 7) is 0.210. The Morgan fingerprint density at radius 2 is 1.90 bits per heavy atom. The maximum Gasteiger partial charge on any atom is 0.305 e. The fraction of sp³-hybridized carbons (Fsp3) is 0.467. The van der Waals surface area contributed by atoms with Crippen molar-refractivity contribution in [3.05, 3.63) is 29.8 Å². The molecule has 114 valence electrons. The van der Waals surface area contributed by atoms with Crippen molar-refractivity contribution in [2.45, 2.75) is 37.8 Å². The molecule has 1 fully saturated rings. The van der Waals surface area contributed by atoms with Gasteiger partial charge in [0.1, 0.15) is 5.75 Å². The lowest BCUT2D eigenvalue weighted by Gasteiger charge is -2.25. The molecule has 6 heteroatoms. The van der Waals surface area contributed by atoms with Gasteiger partial charge in [0.15, 0.2) is 0 Å². The van der Waals surface area contributed by atoms with Crippen LogP contribution in [0.3, 0.4) is 0 Å². The van der Waals surface area contributed by atoms with E-state index in [1.807, 2.05) is 0 Å². The van der Waals surface area contributed by atoms with E-state index < -0.39 is 12.0 Å². The predicted octanol–water partition coefficient (Wildman–Crippen LogP) is 0.728. The van der Waals surface area contributed by atoms with E-state index in [0.29, 0.717) is 6.42 Å². The van der Waals surface area contributed by atoms with Gasteiger partial charge in [0.05, 0.1) is 12.5 Å². The molecule has 0 bridgehead atoms. The number of nitrogens with zero attached hydrogens (tertiary/aromatic N) is 1. The minimum absolute atomic E-state index is 0.0613. The highest BCUT2D eigenvalue weighted by atomic mass is 16.4. The Kier molecular flexibility index (Phi) is 4.80. The Bertz CT molecular complexity index is 511. The van der Waals surface area contributed by atoms with Gasteiger partial charge in [0.2, 0.25) is 5.91 Å². The van der Waals surface area contributed by atoms with Crippen molar-refractivity contribution < 1.29 is 19.8 Å². The molecule has 0 unspecified atom stereocenters. The van der Waals surface area contributed by atoms with E-state index in [0.717, 1.165) is 18.4 Å². The van der Waals surface area contributed by atoms with Gasteiger partial charge < -0.3 is 20.8 Å². The number of hydrogen-bond donors (Lipinski definition) is 3. The van der Waals surface area contributed by atoms with Crippen LogP contribution in [0, 0.1) is 0 Å². The lowest BCUT2D eigenvalue weighted by molar-refractivity contribution is -0.139. The molecule has 1 aliphatic carbocycles. The summed E-state index contributed by atoms with van der Waals surface area (Å²) < 4.78 is 0. The largest absolute Gasteiger partial charge is 0.508 e. The molecule has 4 N–H and O–H groups in total. The first-order valence-corrected chi connectivity index (χ1v) is 7.03. The highest BCUT2D eigenvalue weighted by molar-refractivity contribution is 5.83. The molecule has 0 aliphatic heterocycles. The van der Waals surface area contributed by atoms with Gasteiger partial charge in [-0.15, -0.1) is 0 Å². The number of amides is 1. The van der Waals surface area contributed by atoms with E-state index in [4.69, 9.17) is 10.8 Å². The number of aliphatic carboxylic acids is 1. The molecule has 0 radical (unpaired) electrons. The van der Waals surface area contributed by atoms with E-state index in [9.17, 15) is 14.7 Å². The number of nitrogens with two attached hydrogens (primary N) is 1. The molecule has 0 saturated heterocycles. The molecule has 0 aromatic heterocycles. The van der Waals surface area contributed by atoms with E-state index in [2.05, 4.69) is 0 Å². The Morgan fingerprint density at radius 3 is 2.43 bits per heavy atom. The van der Waals surface area contributed by atoms with Crippen molar-refractivity contribution in [1.29, 1.82) is 0 Å². The lowest BCUT2D eigenvalue weighted by atomic mass is 10.1. The third kappa shape index (κ3) is 4.46. The third-order valence-electron chi connectivity index (χ3n) is 3.55. The van der Waals surface area contributed by atoms with Gasteiger partial charge >= 0.3 is 5.97 Å². The van der Waals surface area contributed by atoms with E-state index in [1.54, 1.807) is 29.2 Å². The number of carbonyl (C=O) groups excluding carboxylic acids is 1. The van der Waals surface area contributed by atoms with Gasteiger partial charge in [-0.2, -0.15) is 0 Å². The monoisotopic (exact) mass is 292 g/mol. The van der Waals surface area contributed by atoms with Crippen LogP contribution in [0.2, 0.25) is 0 Å². The zero-order valence-corrected chi connectivity index (χ0v) is 11.7. The Hall–Kier alpha value is -2.08. The molecule has 21 heavy (non-hydrogen) atoms. The number of phenols is 1. The minimum atomic E-state index is -0.916. The number of carbonyl (C=O) groups is 2. The lowest BCUT2D eigenvalue weighted by Crippen LogP contribution is -2.46. The van der Waals surface area contributed by atoms with Crippen LogP contribution in [0.5, 0.6) is 5.75 Å². The minimum Gasteiger partial charge on any atom is -0.508 e. The summed E-state index contributed by atoms with van der Waals surface area (Å²) in [5.74, 6) is -0.952. The number of rotatable bonds is 7. The van der Waals surface area contributed by atoms with Crippen molar-refractivity contribution in [3.8, 4) is 5.75 Å². The summed E-state index contributed by atoms with van der Waals surface area (Å²) in [6, 6.07) is 6.00. The number of aromatic hydroxyl groups is 1.